The lowest BCUT2D eigenvalue weighted by atomic mass is 9.79. The lowest BCUT2D eigenvalue weighted by Gasteiger charge is -2.33. The fourth-order valence-corrected chi connectivity index (χ4v) is 3.80. The third-order valence-corrected chi connectivity index (χ3v) is 4.79. The van der Waals surface area contributed by atoms with Crippen LogP contribution in [-0.2, 0) is 0 Å². The summed E-state index contributed by atoms with van der Waals surface area (Å²) in [5.41, 5.74) is 3.75. The molecule has 0 amide bonds. The average Bonchev–Trinajstić information content (AvgIpc) is 3.04. The number of aromatic nitrogens is 2. The zero-order valence-corrected chi connectivity index (χ0v) is 13.9. The highest BCUT2D eigenvalue weighted by molar-refractivity contribution is 5.69. The van der Waals surface area contributed by atoms with E-state index in [4.69, 9.17) is 0 Å². The Hall–Kier alpha value is -1.61. The van der Waals surface area contributed by atoms with Crippen LogP contribution in [0, 0.1) is 17.8 Å². The molecule has 118 valence electrons. The lowest BCUT2D eigenvalue weighted by molar-refractivity contribution is 0.0364. The number of imidazole rings is 1. The van der Waals surface area contributed by atoms with Gasteiger partial charge in [0.25, 0.3) is 0 Å². The maximum absolute atomic E-state index is 10.9. The molecule has 0 bridgehead atoms. The van der Waals surface area contributed by atoms with Gasteiger partial charge in [-0.3, -0.25) is 0 Å². The quantitative estimate of drug-likeness (QED) is 0.901. The molecule has 3 heteroatoms. The van der Waals surface area contributed by atoms with Crippen molar-refractivity contribution < 1.29 is 5.11 Å². The van der Waals surface area contributed by atoms with Crippen LogP contribution >= 0.6 is 0 Å². The molecule has 22 heavy (non-hydrogen) atoms. The zero-order chi connectivity index (χ0) is 15.9. The summed E-state index contributed by atoms with van der Waals surface area (Å²) in [5.74, 6) is 1.01. The van der Waals surface area contributed by atoms with Crippen molar-refractivity contribution in [3.8, 4) is 11.3 Å². The first kappa shape index (κ1) is 15.3. The molecular weight excluding hydrogens is 272 g/mol. The van der Waals surface area contributed by atoms with E-state index < -0.39 is 0 Å². The smallest absolute Gasteiger partial charge is 0.0956 e. The Labute approximate surface area is 133 Å². The van der Waals surface area contributed by atoms with Crippen molar-refractivity contribution in [2.45, 2.75) is 46.3 Å². The van der Waals surface area contributed by atoms with Gasteiger partial charge in [0.1, 0.15) is 0 Å². The molecule has 1 aromatic heterocycles. The molecular formula is C19H26N2O. The normalized spacial score (nSPS) is 19.3. The number of hydrogen-bond donors (Lipinski definition) is 1. The largest absolute Gasteiger partial charge is 0.392 e. The molecule has 0 saturated carbocycles. The number of fused-ring (bicyclic) bond motifs is 3. The standard InChI is InChI=1S/C19H26N2O/c1-12(2)9-16(19(22)13(3)4)18-15-8-6-5-7-14(15)17-10-20-11-21(17)18/h5-8,10-13,16,18-19,22H,9H2,1-4H3/t16?,18-,19-/m1/s1. The molecule has 0 saturated heterocycles. The predicted octanol–water partition coefficient (Wildman–Crippen LogP) is 4.13. The second-order valence-corrected chi connectivity index (χ2v) is 7.25. The number of aliphatic hydroxyl groups is 1. The van der Waals surface area contributed by atoms with Crippen molar-refractivity contribution in [2.24, 2.45) is 17.8 Å². The van der Waals surface area contributed by atoms with Crippen LogP contribution in [0.15, 0.2) is 36.8 Å². The summed E-state index contributed by atoms with van der Waals surface area (Å²) in [7, 11) is 0. The van der Waals surface area contributed by atoms with Crippen LogP contribution in [0.1, 0.15) is 45.7 Å². The fraction of sp³-hybridized carbons (Fsp3) is 0.526. The number of benzene rings is 1. The first-order valence-corrected chi connectivity index (χ1v) is 8.30. The molecule has 2 aromatic rings. The van der Waals surface area contributed by atoms with Crippen molar-refractivity contribution in [1.29, 1.82) is 0 Å². The highest BCUT2D eigenvalue weighted by Crippen LogP contribution is 2.46. The Morgan fingerprint density at radius 1 is 1.18 bits per heavy atom. The molecule has 1 unspecified atom stereocenters. The van der Waals surface area contributed by atoms with Gasteiger partial charge in [0.05, 0.1) is 30.4 Å². The van der Waals surface area contributed by atoms with Crippen molar-refractivity contribution >= 4 is 0 Å². The number of aliphatic hydroxyl groups excluding tert-OH is 1. The molecule has 1 aliphatic heterocycles. The van der Waals surface area contributed by atoms with E-state index in [0.29, 0.717) is 5.92 Å². The van der Waals surface area contributed by atoms with Gasteiger partial charge in [0.2, 0.25) is 0 Å². The van der Waals surface area contributed by atoms with E-state index in [2.05, 4.69) is 61.5 Å². The van der Waals surface area contributed by atoms with Crippen LogP contribution in [0.25, 0.3) is 11.3 Å². The van der Waals surface area contributed by atoms with Crippen LogP contribution in [0.5, 0.6) is 0 Å². The van der Waals surface area contributed by atoms with Gasteiger partial charge in [-0.25, -0.2) is 4.98 Å². The summed E-state index contributed by atoms with van der Waals surface area (Å²) in [6.45, 7) is 8.67. The van der Waals surface area contributed by atoms with Gasteiger partial charge in [0, 0.05) is 11.5 Å². The molecule has 1 aliphatic rings. The van der Waals surface area contributed by atoms with Gasteiger partial charge in [0.15, 0.2) is 0 Å². The minimum Gasteiger partial charge on any atom is -0.392 e. The first-order chi connectivity index (χ1) is 10.5. The van der Waals surface area contributed by atoms with Crippen molar-refractivity contribution in [3.63, 3.8) is 0 Å². The molecule has 0 radical (unpaired) electrons. The second kappa shape index (κ2) is 5.88. The topological polar surface area (TPSA) is 38.1 Å². The van der Waals surface area contributed by atoms with Gasteiger partial charge in [-0.15, -0.1) is 0 Å². The van der Waals surface area contributed by atoms with Crippen LogP contribution in [0.3, 0.4) is 0 Å². The minimum absolute atomic E-state index is 0.188. The van der Waals surface area contributed by atoms with Crippen LogP contribution < -0.4 is 0 Å². The van der Waals surface area contributed by atoms with Gasteiger partial charge in [-0.05, 0) is 23.8 Å². The van der Waals surface area contributed by atoms with E-state index in [1.54, 1.807) is 0 Å². The average molecular weight is 298 g/mol. The number of nitrogens with zero attached hydrogens (tertiary/aromatic N) is 2. The van der Waals surface area contributed by atoms with Gasteiger partial charge in [-0.2, -0.15) is 0 Å². The third-order valence-electron chi connectivity index (χ3n) is 4.79. The van der Waals surface area contributed by atoms with E-state index in [-0.39, 0.29) is 24.0 Å². The van der Waals surface area contributed by atoms with Crippen molar-refractivity contribution in [2.75, 3.05) is 0 Å². The number of rotatable bonds is 5. The second-order valence-electron chi connectivity index (χ2n) is 7.25. The lowest BCUT2D eigenvalue weighted by Crippen LogP contribution is -2.34. The van der Waals surface area contributed by atoms with E-state index in [9.17, 15) is 5.11 Å². The van der Waals surface area contributed by atoms with Gasteiger partial charge >= 0.3 is 0 Å². The number of hydrogen-bond acceptors (Lipinski definition) is 2. The first-order valence-electron chi connectivity index (χ1n) is 8.30. The predicted molar refractivity (Wildman–Crippen MR) is 89.6 cm³/mol. The van der Waals surface area contributed by atoms with Gasteiger partial charge < -0.3 is 9.67 Å². The Bertz CT molecular complexity index is 644. The van der Waals surface area contributed by atoms with E-state index in [0.717, 1.165) is 6.42 Å². The molecule has 0 aliphatic carbocycles. The molecule has 0 fully saturated rings. The molecule has 3 atom stereocenters. The Morgan fingerprint density at radius 3 is 2.59 bits per heavy atom. The summed E-state index contributed by atoms with van der Waals surface area (Å²) in [5, 5.41) is 10.9. The highest BCUT2D eigenvalue weighted by atomic mass is 16.3. The van der Waals surface area contributed by atoms with Gasteiger partial charge in [-0.1, -0.05) is 52.0 Å². The molecule has 1 aromatic carbocycles. The molecule has 0 spiro atoms. The summed E-state index contributed by atoms with van der Waals surface area (Å²) in [6, 6.07) is 8.73. The highest BCUT2D eigenvalue weighted by Gasteiger charge is 2.38. The van der Waals surface area contributed by atoms with E-state index in [1.165, 1.54) is 16.8 Å². The van der Waals surface area contributed by atoms with Crippen LogP contribution in [0.2, 0.25) is 0 Å². The minimum atomic E-state index is -0.311. The summed E-state index contributed by atoms with van der Waals surface area (Å²) >= 11 is 0. The Morgan fingerprint density at radius 2 is 1.91 bits per heavy atom. The summed E-state index contributed by atoms with van der Waals surface area (Å²) in [4.78, 5) is 4.34. The third kappa shape index (κ3) is 2.48. The van der Waals surface area contributed by atoms with Crippen molar-refractivity contribution in [3.05, 3.63) is 42.4 Å². The maximum atomic E-state index is 10.9. The summed E-state index contributed by atoms with van der Waals surface area (Å²) in [6.07, 6.45) is 4.55. The monoisotopic (exact) mass is 298 g/mol. The van der Waals surface area contributed by atoms with Crippen molar-refractivity contribution in [1.82, 2.24) is 9.55 Å². The van der Waals surface area contributed by atoms with E-state index in [1.807, 2.05) is 12.5 Å². The summed E-state index contributed by atoms with van der Waals surface area (Å²) < 4.78 is 2.25. The SMILES string of the molecule is CC(C)CC([C@H](O)C(C)C)[C@H]1c2ccccc2-c2cncn21. The van der Waals surface area contributed by atoms with Crippen LogP contribution in [0.4, 0.5) is 0 Å². The molecule has 3 rings (SSSR count). The Balaban J connectivity index is 2.08. The Kier molecular flexibility index (Phi) is 4.09. The van der Waals surface area contributed by atoms with E-state index >= 15 is 0 Å². The molecule has 1 N–H and O–H groups in total. The maximum Gasteiger partial charge on any atom is 0.0956 e. The molecule has 2 heterocycles. The molecule has 3 nitrogen and oxygen atoms in total. The van der Waals surface area contributed by atoms with Crippen LogP contribution in [-0.4, -0.2) is 20.8 Å². The fourth-order valence-electron chi connectivity index (χ4n) is 3.80. The zero-order valence-electron chi connectivity index (χ0n) is 13.9.